The molecule has 1 aromatic rings. The van der Waals surface area contributed by atoms with Crippen LogP contribution < -0.4 is 10.2 Å². The molecule has 20 heavy (non-hydrogen) atoms. The van der Waals surface area contributed by atoms with E-state index >= 15 is 0 Å². The van der Waals surface area contributed by atoms with Crippen LogP contribution in [0.1, 0.15) is 12.8 Å². The van der Waals surface area contributed by atoms with Crippen molar-refractivity contribution in [3.05, 3.63) is 30.3 Å². The molecule has 0 aliphatic carbocycles. The van der Waals surface area contributed by atoms with Gasteiger partial charge in [-0.3, -0.25) is 4.79 Å². The number of hydrogen-bond acceptors (Lipinski definition) is 4. The number of carbonyl (C=O) groups excluding carboxylic acids is 2. The standard InChI is InChI=1S/C15H19N3O2/c19-11-10-17-12-18(13-4-2-1-3-5-13)15(14(17)20)6-8-16-9-7-15/h1-5,11,16H,6-10,12H2. The van der Waals surface area contributed by atoms with Gasteiger partial charge in [0.05, 0.1) is 13.2 Å². The number of aldehydes is 1. The highest BCUT2D eigenvalue weighted by molar-refractivity contribution is 5.94. The van der Waals surface area contributed by atoms with Crippen molar-refractivity contribution in [3.63, 3.8) is 0 Å². The number of nitrogens with zero attached hydrogens (tertiary/aromatic N) is 2. The lowest BCUT2D eigenvalue weighted by atomic mass is 9.86. The van der Waals surface area contributed by atoms with Crippen LogP contribution in [0.2, 0.25) is 0 Å². The van der Waals surface area contributed by atoms with Gasteiger partial charge >= 0.3 is 0 Å². The van der Waals surface area contributed by atoms with E-state index in [0.29, 0.717) is 6.67 Å². The maximum absolute atomic E-state index is 12.8. The molecule has 3 rings (SSSR count). The zero-order chi connectivity index (χ0) is 14.0. The zero-order valence-electron chi connectivity index (χ0n) is 11.4. The summed E-state index contributed by atoms with van der Waals surface area (Å²) < 4.78 is 0. The molecule has 2 aliphatic rings. The van der Waals surface area contributed by atoms with Crippen molar-refractivity contribution in [2.24, 2.45) is 0 Å². The smallest absolute Gasteiger partial charge is 0.250 e. The van der Waals surface area contributed by atoms with E-state index in [1.54, 1.807) is 4.90 Å². The molecule has 2 saturated heterocycles. The summed E-state index contributed by atoms with van der Waals surface area (Å²) in [6.07, 6.45) is 2.38. The first kappa shape index (κ1) is 13.1. The SMILES string of the molecule is O=CCN1CN(c2ccccc2)C2(CCNCC2)C1=O. The number of hydrogen-bond donors (Lipinski definition) is 1. The van der Waals surface area contributed by atoms with Crippen LogP contribution in [0.4, 0.5) is 5.69 Å². The normalized spacial score (nSPS) is 21.5. The Morgan fingerprint density at radius 1 is 1.20 bits per heavy atom. The Hall–Kier alpha value is -1.88. The Balaban J connectivity index is 1.97. The number of piperidine rings is 1. The Morgan fingerprint density at radius 2 is 1.90 bits per heavy atom. The van der Waals surface area contributed by atoms with Crippen molar-refractivity contribution >= 4 is 17.9 Å². The predicted octanol–water partition coefficient (Wildman–Crippen LogP) is 0.614. The minimum atomic E-state index is -0.477. The van der Waals surface area contributed by atoms with E-state index < -0.39 is 5.54 Å². The molecule has 2 aliphatic heterocycles. The van der Waals surface area contributed by atoms with Gasteiger partial charge in [-0.1, -0.05) is 18.2 Å². The topological polar surface area (TPSA) is 52.7 Å². The van der Waals surface area contributed by atoms with Gasteiger partial charge < -0.3 is 19.9 Å². The van der Waals surface area contributed by atoms with Crippen LogP contribution in [0.15, 0.2) is 30.3 Å². The van der Waals surface area contributed by atoms with Gasteiger partial charge in [0.2, 0.25) is 5.91 Å². The molecule has 5 nitrogen and oxygen atoms in total. The molecule has 2 heterocycles. The van der Waals surface area contributed by atoms with Gasteiger partial charge in [0.1, 0.15) is 11.8 Å². The lowest BCUT2D eigenvalue weighted by Crippen LogP contribution is -2.55. The Bertz CT molecular complexity index is 497. The molecule has 1 spiro atoms. The molecule has 0 bridgehead atoms. The Morgan fingerprint density at radius 3 is 2.55 bits per heavy atom. The Kier molecular flexibility index (Phi) is 3.44. The molecule has 1 N–H and O–H groups in total. The second-order valence-electron chi connectivity index (χ2n) is 5.38. The fraction of sp³-hybridized carbons (Fsp3) is 0.467. The molecule has 1 aromatic carbocycles. The summed E-state index contributed by atoms with van der Waals surface area (Å²) in [5, 5.41) is 3.31. The maximum Gasteiger partial charge on any atom is 0.250 e. The molecular weight excluding hydrogens is 254 g/mol. The summed E-state index contributed by atoms with van der Waals surface area (Å²) in [5.41, 5.74) is 0.575. The van der Waals surface area contributed by atoms with Crippen LogP contribution in [0, 0.1) is 0 Å². The van der Waals surface area contributed by atoms with E-state index in [4.69, 9.17) is 0 Å². The molecule has 106 valence electrons. The van der Waals surface area contributed by atoms with Gasteiger partial charge in [0, 0.05) is 5.69 Å². The molecule has 0 radical (unpaired) electrons. The lowest BCUT2D eigenvalue weighted by Gasteiger charge is -2.40. The zero-order valence-corrected chi connectivity index (χ0v) is 11.4. The third-order valence-corrected chi connectivity index (χ3v) is 4.31. The van der Waals surface area contributed by atoms with Gasteiger partial charge in [-0.2, -0.15) is 0 Å². The second kappa shape index (κ2) is 5.25. The first-order chi connectivity index (χ1) is 9.78. The number of benzene rings is 1. The van der Waals surface area contributed by atoms with Gasteiger partial charge in [-0.05, 0) is 38.1 Å². The number of carbonyl (C=O) groups is 2. The van der Waals surface area contributed by atoms with Crippen LogP contribution >= 0.6 is 0 Å². The molecular formula is C15H19N3O2. The third-order valence-electron chi connectivity index (χ3n) is 4.31. The van der Waals surface area contributed by atoms with Crippen molar-refractivity contribution < 1.29 is 9.59 Å². The number of anilines is 1. The molecule has 1 amide bonds. The quantitative estimate of drug-likeness (QED) is 0.820. The van der Waals surface area contributed by atoms with Crippen LogP contribution in [-0.4, -0.2) is 48.9 Å². The highest BCUT2D eigenvalue weighted by Gasteiger charge is 2.52. The van der Waals surface area contributed by atoms with Gasteiger partial charge in [0.15, 0.2) is 0 Å². The average Bonchev–Trinajstić information content (AvgIpc) is 2.76. The average molecular weight is 273 g/mol. The van der Waals surface area contributed by atoms with E-state index in [2.05, 4.69) is 10.2 Å². The van der Waals surface area contributed by atoms with Crippen molar-refractivity contribution in [1.82, 2.24) is 10.2 Å². The molecule has 2 fully saturated rings. The number of para-hydroxylation sites is 1. The molecule has 0 saturated carbocycles. The number of amides is 1. The minimum Gasteiger partial charge on any atom is -0.339 e. The molecule has 5 heteroatoms. The van der Waals surface area contributed by atoms with Crippen LogP contribution in [0.5, 0.6) is 0 Å². The van der Waals surface area contributed by atoms with E-state index in [1.165, 1.54) is 0 Å². The van der Waals surface area contributed by atoms with E-state index in [0.717, 1.165) is 37.9 Å². The summed E-state index contributed by atoms with van der Waals surface area (Å²) in [5.74, 6) is 0.0925. The minimum absolute atomic E-state index is 0.0925. The van der Waals surface area contributed by atoms with E-state index in [1.807, 2.05) is 30.3 Å². The van der Waals surface area contributed by atoms with Gasteiger partial charge in [0.25, 0.3) is 0 Å². The number of rotatable bonds is 3. The fourth-order valence-corrected chi connectivity index (χ4v) is 3.27. The van der Waals surface area contributed by atoms with Gasteiger partial charge in [-0.15, -0.1) is 0 Å². The van der Waals surface area contributed by atoms with Gasteiger partial charge in [-0.25, -0.2) is 0 Å². The highest BCUT2D eigenvalue weighted by atomic mass is 16.2. The highest BCUT2D eigenvalue weighted by Crippen LogP contribution is 2.37. The van der Waals surface area contributed by atoms with E-state index in [-0.39, 0.29) is 12.5 Å². The number of nitrogens with one attached hydrogen (secondary N) is 1. The van der Waals surface area contributed by atoms with Crippen LogP contribution in [0.25, 0.3) is 0 Å². The summed E-state index contributed by atoms with van der Waals surface area (Å²) in [7, 11) is 0. The van der Waals surface area contributed by atoms with Crippen molar-refractivity contribution in [2.75, 3.05) is 31.2 Å². The van der Waals surface area contributed by atoms with Crippen LogP contribution in [-0.2, 0) is 9.59 Å². The second-order valence-corrected chi connectivity index (χ2v) is 5.38. The summed E-state index contributed by atoms with van der Waals surface area (Å²) in [6.45, 7) is 2.35. The fourth-order valence-electron chi connectivity index (χ4n) is 3.27. The molecule has 0 unspecified atom stereocenters. The summed E-state index contributed by atoms with van der Waals surface area (Å²) in [4.78, 5) is 27.4. The lowest BCUT2D eigenvalue weighted by molar-refractivity contribution is -0.134. The monoisotopic (exact) mass is 273 g/mol. The van der Waals surface area contributed by atoms with Crippen molar-refractivity contribution in [2.45, 2.75) is 18.4 Å². The van der Waals surface area contributed by atoms with Crippen molar-refractivity contribution in [1.29, 1.82) is 0 Å². The first-order valence-electron chi connectivity index (χ1n) is 7.04. The summed E-state index contributed by atoms with van der Waals surface area (Å²) in [6, 6.07) is 10.00. The molecule has 0 atom stereocenters. The molecule has 0 aromatic heterocycles. The van der Waals surface area contributed by atoms with Crippen molar-refractivity contribution in [3.8, 4) is 0 Å². The Labute approximate surface area is 118 Å². The maximum atomic E-state index is 12.8. The predicted molar refractivity (Wildman–Crippen MR) is 76.4 cm³/mol. The van der Waals surface area contributed by atoms with Crippen LogP contribution in [0.3, 0.4) is 0 Å². The van der Waals surface area contributed by atoms with E-state index in [9.17, 15) is 9.59 Å². The third kappa shape index (κ3) is 1.98. The first-order valence-corrected chi connectivity index (χ1v) is 7.04. The summed E-state index contributed by atoms with van der Waals surface area (Å²) >= 11 is 0. The largest absolute Gasteiger partial charge is 0.339 e.